The number of benzene rings is 1. The first-order valence-electron chi connectivity index (χ1n) is 5.39. The number of fused-ring (bicyclic) bond motifs is 4. The Labute approximate surface area is 92.1 Å². The molecule has 0 amide bonds. The fraction of sp³-hybridized carbons (Fsp3) is 0. The van der Waals surface area contributed by atoms with E-state index in [1.807, 2.05) is 0 Å². The summed E-state index contributed by atoms with van der Waals surface area (Å²) < 4.78 is 2.14. The lowest BCUT2D eigenvalue weighted by Crippen LogP contribution is -1.80. The molecule has 0 unspecified atom stereocenters. The number of hydrogen-bond donors (Lipinski definition) is 1. The molecule has 0 bridgehead atoms. The maximum Gasteiger partial charge on any atom is 0.0634 e. The Morgan fingerprint density at radius 3 is 2.81 bits per heavy atom. The number of aromatic amines is 1. The van der Waals surface area contributed by atoms with Gasteiger partial charge in [-0.05, 0) is 24.3 Å². The first-order valence-corrected chi connectivity index (χ1v) is 5.39. The van der Waals surface area contributed by atoms with Gasteiger partial charge in [-0.15, -0.1) is 0 Å². The molecule has 1 aromatic carbocycles. The Morgan fingerprint density at radius 2 is 1.81 bits per heavy atom. The Balaban J connectivity index is 2.32. The minimum absolute atomic E-state index is 1.19. The molecule has 0 aliphatic heterocycles. The van der Waals surface area contributed by atoms with Crippen molar-refractivity contribution in [3.8, 4) is 0 Å². The van der Waals surface area contributed by atoms with E-state index in [0.717, 1.165) is 0 Å². The Bertz CT molecular complexity index is 805. The van der Waals surface area contributed by atoms with Crippen LogP contribution < -0.4 is 0 Å². The van der Waals surface area contributed by atoms with Crippen LogP contribution in [0.1, 0.15) is 0 Å². The van der Waals surface area contributed by atoms with Crippen LogP contribution in [0.4, 0.5) is 0 Å². The molecule has 0 atom stereocenters. The van der Waals surface area contributed by atoms with Crippen LogP contribution in [0.2, 0.25) is 0 Å². The third-order valence-corrected chi connectivity index (χ3v) is 3.15. The highest BCUT2D eigenvalue weighted by Crippen LogP contribution is 2.26. The van der Waals surface area contributed by atoms with Crippen molar-refractivity contribution in [2.45, 2.75) is 0 Å². The topological polar surface area (TPSA) is 20.2 Å². The van der Waals surface area contributed by atoms with Gasteiger partial charge >= 0.3 is 0 Å². The molecule has 1 N–H and O–H groups in total. The summed E-state index contributed by atoms with van der Waals surface area (Å²) in [6.07, 6.45) is 4.21. The number of H-pyrrole nitrogens is 1. The van der Waals surface area contributed by atoms with Gasteiger partial charge in [0.25, 0.3) is 0 Å². The van der Waals surface area contributed by atoms with Crippen LogP contribution in [-0.2, 0) is 0 Å². The Hall–Kier alpha value is -2.22. The van der Waals surface area contributed by atoms with Gasteiger partial charge in [0.15, 0.2) is 0 Å². The van der Waals surface area contributed by atoms with E-state index >= 15 is 0 Å². The number of pyridine rings is 1. The van der Waals surface area contributed by atoms with Crippen LogP contribution in [-0.4, -0.2) is 9.38 Å². The molecule has 0 aliphatic rings. The van der Waals surface area contributed by atoms with Crippen molar-refractivity contribution in [2.75, 3.05) is 0 Å². The maximum absolute atomic E-state index is 3.44. The lowest BCUT2D eigenvalue weighted by Gasteiger charge is -1.95. The van der Waals surface area contributed by atoms with Crippen molar-refractivity contribution in [3.63, 3.8) is 0 Å². The summed E-state index contributed by atoms with van der Waals surface area (Å²) in [5, 5.41) is 2.59. The van der Waals surface area contributed by atoms with Crippen molar-refractivity contribution in [1.82, 2.24) is 9.38 Å². The summed E-state index contributed by atoms with van der Waals surface area (Å²) in [6.45, 7) is 0. The van der Waals surface area contributed by atoms with E-state index in [9.17, 15) is 0 Å². The quantitative estimate of drug-likeness (QED) is 0.454. The summed E-state index contributed by atoms with van der Waals surface area (Å²) in [7, 11) is 0. The SMILES string of the molecule is c1ccc2c(c1)[nH]c1cn3cccc3cc12. The minimum atomic E-state index is 1.19. The zero-order valence-corrected chi connectivity index (χ0v) is 8.64. The highest BCUT2D eigenvalue weighted by Gasteiger charge is 2.04. The number of para-hydroxylation sites is 1. The average Bonchev–Trinajstić information content (AvgIpc) is 2.88. The molecule has 76 valence electrons. The third kappa shape index (κ3) is 0.910. The summed E-state index contributed by atoms with van der Waals surface area (Å²) in [4.78, 5) is 3.44. The number of nitrogens with zero attached hydrogens (tertiary/aromatic N) is 1. The van der Waals surface area contributed by atoms with Crippen LogP contribution >= 0.6 is 0 Å². The zero-order valence-electron chi connectivity index (χ0n) is 8.64. The maximum atomic E-state index is 3.44. The van der Waals surface area contributed by atoms with Gasteiger partial charge in [-0.1, -0.05) is 18.2 Å². The molecule has 0 aliphatic carbocycles. The van der Waals surface area contributed by atoms with Crippen LogP contribution in [0.25, 0.3) is 27.3 Å². The molecule has 2 nitrogen and oxygen atoms in total. The molecule has 3 heterocycles. The van der Waals surface area contributed by atoms with Gasteiger partial charge < -0.3 is 9.38 Å². The predicted molar refractivity (Wildman–Crippen MR) is 66.8 cm³/mol. The van der Waals surface area contributed by atoms with E-state index in [1.54, 1.807) is 0 Å². The second-order valence-corrected chi connectivity index (χ2v) is 4.11. The molecule has 2 heteroatoms. The van der Waals surface area contributed by atoms with Crippen molar-refractivity contribution in [2.24, 2.45) is 0 Å². The molecule has 0 fully saturated rings. The van der Waals surface area contributed by atoms with Crippen molar-refractivity contribution >= 4 is 27.3 Å². The van der Waals surface area contributed by atoms with E-state index in [-0.39, 0.29) is 0 Å². The van der Waals surface area contributed by atoms with Gasteiger partial charge in [0, 0.05) is 34.2 Å². The normalized spacial score (nSPS) is 11.8. The van der Waals surface area contributed by atoms with Crippen LogP contribution in [0.5, 0.6) is 0 Å². The van der Waals surface area contributed by atoms with E-state index in [4.69, 9.17) is 0 Å². The first-order chi connectivity index (χ1) is 7.92. The molecule has 0 spiro atoms. The predicted octanol–water partition coefficient (Wildman–Crippen LogP) is 3.57. The summed E-state index contributed by atoms with van der Waals surface area (Å²) in [5.74, 6) is 0. The van der Waals surface area contributed by atoms with Crippen molar-refractivity contribution in [3.05, 3.63) is 54.9 Å². The lowest BCUT2D eigenvalue weighted by molar-refractivity contribution is 1.21. The molecule has 4 aromatic rings. The van der Waals surface area contributed by atoms with Gasteiger partial charge in [0.05, 0.1) is 5.52 Å². The van der Waals surface area contributed by atoms with Gasteiger partial charge in [0.1, 0.15) is 0 Å². The van der Waals surface area contributed by atoms with Crippen LogP contribution in [0.15, 0.2) is 54.9 Å². The number of hydrogen-bond acceptors (Lipinski definition) is 0. The highest BCUT2D eigenvalue weighted by atomic mass is 14.9. The molecule has 3 aromatic heterocycles. The number of nitrogens with one attached hydrogen (secondary N) is 1. The summed E-state index contributed by atoms with van der Waals surface area (Å²) in [6, 6.07) is 14.8. The summed E-state index contributed by atoms with van der Waals surface area (Å²) >= 11 is 0. The number of rotatable bonds is 0. The monoisotopic (exact) mass is 206 g/mol. The van der Waals surface area contributed by atoms with E-state index in [2.05, 4.69) is 64.2 Å². The van der Waals surface area contributed by atoms with Gasteiger partial charge in [0.2, 0.25) is 0 Å². The van der Waals surface area contributed by atoms with Crippen LogP contribution in [0.3, 0.4) is 0 Å². The molecule has 0 radical (unpaired) electrons. The standard InChI is InChI=1S/C14H10N2/c1-2-6-13-11(5-1)12-8-10-4-3-7-16(10)9-14(12)15-13/h1-9,15H. The molecule has 0 saturated carbocycles. The van der Waals surface area contributed by atoms with Gasteiger partial charge in [-0.2, -0.15) is 0 Å². The fourth-order valence-electron chi connectivity index (χ4n) is 2.38. The molecule has 0 saturated heterocycles. The average molecular weight is 206 g/mol. The smallest absolute Gasteiger partial charge is 0.0634 e. The minimum Gasteiger partial charge on any atom is -0.353 e. The molecular formula is C14H10N2. The molecule has 16 heavy (non-hydrogen) atoms. The fourth-order valence-corrected chi connectivity index (χ4v) is 2.38. The lowest BCUT2D eigenvalue weighted by atomic mass is 10.2. The van der Waals surface area contributed by atoms with E-state index in [1.165, 1.54) is 27.3 Å². The van der Waals surface area contributed by atoms with Crippen molar-refractivity contribution in [1.29, 1.82) is 0 Å². The number of aromatic nitrogens is 2. The second-order valence-electron chi connectivity index (χ2n) is 4.11. The Morgan fingerprint density at radius 1 is 0.875 bits per heavy atom. The van der Waals surface area contributed by atoms with Gasteiger partial charge in [-0.3, -0.25) is 0 Å². The van der Waals surface area contributed by atoms with Crippen LogP contribution in [0, 0.1) is 0 Å². The van der Waals surface area contributed by atoms with E-state index < -0.39 is 0 Å². The molecule has 4 rings (SSSR count). The summed E-state index contributed by atoms with van der Waals surface area (Å²) in [5.41, 5.74) is 3.62. The largest absolute Gasteiger partial charge is 0.353 e. The molecular weight excluding hydrogens is 196 g/mol. The Kier molecular flexibility index (Phi) is 1.33. The highest BCUT2D eigenvalue weighted by molar-refractivity contribution is 6.08. The first kappa shape index (κ1) is 7.99. The zero-order chi connectivity index (χ0) is 10.5. The van der Waals surface area contributed by atoms with Crippen molar-refractivity contribution < 1.29 is 0 Å². The van der Waals surface area contributed by atoms with E-state index in [0.29, 0.717) is 0 Å². The van der Waals surface area contributed by atoms with Gasteiger partial charge in [-0.25, -0.2) is 0 Å². The third-order valence-electron chi connectivity index (χ3n) is 3.15. The second kappa shape index (κ2) is 2.67.